The second-order valence-electron chi connectivity index (χ2n) is 17.4. The molecule has 0 N–H and O–H groups in total. The number of carbonyl (C=O) groups excluding carboxylic acids is 9. The molecule has 2 aromatic rings. The van der Waals surface area contributed by atoms with E-state index in [-0.39, 0.29) is 5.91 Å². The van der Waals surface area contributed by atoms with Gasteiger partial charge in [0.2, 0.25) is 5.91 Å². The number of piperidine rings is 1. The quantitative estimate of drug-likeness (QED) is 0.188. The Kier molecular flexibility index (Phi) is 16.9. The van der Waals surface area contributed by atoms with Crippen LogP contribution in [0.1, 0.15) is 97.4 Å². The molecule has 4 aliphatic rings. The van der Waals surface area contributed by atoms with Crippen LogP contribution in [0.15, 0.2) is 36.4 Å². The summed E-state index contributed by atoms with van der Waals surface area (Å²) in [4.78, 5) is 112. The topological polar surface area (TPSA) is 249 Å². The van der Waals surface area contributed by atoms with Crippen LogP contribution in [0.3, 0.4) is 0 Å². The molecule has 1 aliphatic carbocycles. The van der Waals surface area contributed by atoms with E-state index in [4.69, 9.17) is 47.4 Å². The lowest BCUT2D eigenvalue weighted by Crippen LogP contribution is -2.62. The van der Waals surface area contributed by atoms with E-state index < -0.39 is 127 Å². The van der Waals surface area contributed by atoms with Crippen molar-refractivity contribution in [2.24, 2.45) is 0 Å². The summed E-state index contributed by atoms with van der Waals surface area (Å²) >= 11 is 0. The minimum absolute atomic E-state index is 0.0767. The molecular weight excluding hydrogens is 931 g/mol. The maximum absolute atomic E-state index is 12.6. The fraction of sp³-hybridized carbons (Fsp3) is 0.510. The Morgan fingerprint density at radius 2 is 0.831 bits per heavy atom. The number of nitrogens with zero attached hydrogens (tertiary/aromatic N) is 1. The Hall–Kier alpha value is -7.29. The molecule has 6 rings (SSSR count). The second kappa shape index (κ2) is 22.6. The fourth-order valence-electron chi connectivity index (χ4n) is 9.39. The lowest BCUT2D eigenvalue weighted by Gasteiger charge is -2.43. The van der Waals surface area contributed by atoms with Crippen molar-refractivity contribution in [2.75, 3.05) is 26.3 Å². The zero-order valence-corrected chi connectivity index (χ0v) is 40.7. The van der Waals surface area contributed by atoms with Crippen molar-refractivity contribution in [3.63, 3.8) is 0 Å². The first kappa shape index (κ1) is 53.1. The van der Waals surface area contributed by atoms with Crippen LogP contribution in [0.4, 0.5) is 0 Å². The van der Waals surface area contributed by atoms with E-state index in [0.717, 1.165) is 63.8 Å². The Bertz CT molecular complexity index is 2430. The van der Waals surface area contributed by atoms with Gasteiger partial charge in [-0.3, -0.25) is 43.2 Å². The van der Waals surface area contributed by atoms with E-state index in [1.807, 2.05) is 24.3 Å². The summed E-state index contributed by atoms with van der Waals surface area (Å²) in [7, 11) is 0. The minimum atomic E-state index is -1.40. The zero-order valence-electron chi connectivity index (χ0n) is 40.7. The number of esters is 8. The number of hydrogen-bond acceptors (Lipinski definition) is 19. The summed E-state index contributed by atoms with van der Waals surface area (Å²) in [6.45, 7) is 10.7. The van der Waals surface area contributed by atoms with E-state index in [1.165, 1.54) is 20.8 Å². The number of hydrogen-bond donors (Lipinski definition) is 0. The van der Waals surface area contributed by atoms with Gasteiger partial charge in [-0.15, -0.1) is 0 Å². The molecule has 3 aliphatic heterocycles. The van der Waals surface area contributed by atoms with Crippen molar-refractivity contribution in [3.05, 3.63) is 58.7 Å². The number of amides is 1. The molecule has 1 spiro atoms. The van der Waals surface area contributed by atoms with Gasteiger partial charge in [-0.2, -0.15) is 0 Å². The summed E-state index contributed by atoms with van der Waals surface area (Å²) in [6.07, 6.45) is -12.2. The van der Waals surface area contributed by atoms with E-state index in [1.54, 1.807) is 17.0 Å². The largest absolute Gasteiger partial charge is 0.463 e. The van der Waals surface area contributed by atoms with Crippen molar-refractivity contribution < 1.29 is 90.5 Å². The zero-order chi connectivity index (χ0) is 51.9. The van der Waals surface area contributed by atoms with Crippen LogP contribution in [0.2, 0.25) is 0 Å². The number of carbonyl (C=O) groups is 9. The summed E-state index contributed by atoms with van der Waals surface area (Å²) in [5.74, 6) is 6.27. The molecule has 0 bridgehead atoms. The maximum atomic E-state index is 12.6. The van der Waals surface area contributed by atoms with Crippen LogP contribution in [0.5, 0.6) is 0 Å². The minimum Gasteiger partial charge on any atom is -0.463 e. The monoisotopic (exact) mass is 985 g/mol. The molecule has 10 unspecified atom stereocenters. The third kappa shape index (κ3) is 12.7. The third-order valence-corrected chi connectivity index (χ3v) is 12.1. The molecule has 0 radical (unpaired) electrons. The Morgan fingerprint density at radius 3 is 1.15 bits per heavy atom. The van der Waals surface area contributed by atoms with Gasteiger partial charge in [0, 0.05) is 91.9 Å². The van der Waals surface area contributed by atoms with E-state index in [9.17, 15) is 43.2 Å². The van der Waals surface area contributed by atoms with E-state index in [2.05, 4.69) is 23.7 Å². The fourth-order valence-corrected chi connectivity index (χ4v) is 9.39. The van der Waals surface area contributed by atoms with Crippen LogP contribution in [0.25, 0.3) is 11.1 Å². The van der Waals surface area contributed by atoms with Crippen LogP contribution in [0, 0.1) is 23.7 Å². The summed E-state index contributed by atoms with van der Waals surface area (Å²) < 4.78 is 56.2. The molecule has 0 saturated carbocycles. The second-order valence-corrected chi connectivity index (χ2v) is 17.4. The van der Waals surface area contributed by atoms with Crippen LogP contribution < -0.4 is 0 Å². The van der Waals surface area contributed by atoms with Crippen LogP contribution in [-0.2, 0) is 95.9 Å². The highest BCUT2D eigenvalue weighted by Gasteiger charge is 2.53. The lowest BCUT2D eigenvalue weighted by atomic mass is 9.70. The summed E-state index contributed by atoms with van der Waals surface area (Å²) in [5.41, 5.74) is 3.99. The molecule has 20 heteroatoms. The first-order valence-electron chi connectivity index (χ1n) is 22.8. The smallest absolute Gasteiger partial charge is 0.303 e. The highest BCUT2D eigenvalue weighted by molar-refractivity contribution is 5.83. The normalized spacial score (nSPS) is 25.7. The van der Waals surface area contributed by atoms with Gasteiger partial charge in [-0.1, -0.05) is 35.8 Å². The van der Waals surface area contributed by atoms with Crippen molar-refractivity contribution in [1.29, 1.82) is 0 Å². The first-order valence-corrected chi connectivity index (χ1v) is 22.8. The Balaban J connectivity index is 1.40. The maximum Gasteiger partial charge on any atom is 0.303 e. The lowest BCUT2D eigenvalue weighted by molar-refractivity contribution is -0.243. The molecule has 3 fully saturated rings. The molecule has 10 atom stereocenters. The predicted octanol–water partition coefficient (Wildman–Crippen LogP) is 2.55. The average Bonchev–Trinajstić information content (AvgIpc) is 3.53. The van der Waals surface area contributed by atoms with Crippen LogP contribution in [-0.4, -0.2) is 146 Å². The number of likely N-dealkylation sites (tertiary alicyclic amines) is 1. The first-order chi connectivity index (χ1) is 33.6. The van der Waals surface area contributed by atoms with Gasteiger partial charge >= 0.3 is 47.8 Å². The molecule has 378 valence electrons. The predicted molar refractivity (Wildman–Crippen MR) is 242 cm³/mol. The van der Waals surface area contributed by atoms with E-state index >= 15 is 0 Å². The molecule has 3 saturated heterocycles. The Morgan fingerprint density at radius 1 is 0.493 bits per heavy atom. The third-order valence-electron chi connectivity index (χ3n) is 12.1. The molecule has 3 heterocycles. The standard InChI is InChI=1S/C51H55NO19/c1-26(53)52-20-18-51(19-21-52)39-22-35(12-16-41-45(64-29(4)56)49(68-33(8)60)47(66-31(6)58)43(70-41)24-62-27(2)54)10-14-37(39)38-15-11-36(23-40(38)51)13-17-42-46(65-30(5)57)50(69-34(9)61)48(67-32(7)59)44(71-42)25-63-28(3)55/h10-11,14-15,22-23,41-50H,18-21,24-25H2,1-9H3. The molecule has 2 aromatic carbocycles. The van der Waals surface area contributed by atoms with Crippen LogP contribution >= 0.6 is 0 Å². The number of fused-ring (bicyclic) bond motifs is 5. The van der Waals surface area contributed by atoms with E-state index in [0.29, 0.717) is 37.1 Å². The van der Waals surface area contributed by atoms with Gasteiger partial charge < -0.3 is 52.3 Å². The van der Waals surface area contributed by atoms with Gasteiger partial charge in [-0.05, 0) is 59.4 Å². The van der Waals surface area contributed by atoms with Gasteiger partial charge in [-0.25, -0.2) is 0 Å². The highest BCUT2D eigenvalue weighted by atomic mass is 16.7. The van der Waals surface area contributed by atoms with Gasteiger partial charge in [0.1, 0.15) is 25.4 Å². The van der Waals surface area contributed by atoms with Crippen molar-refractivity contribution >= 4 is 53.7 Å². The molecule has 71 heavy (non-hydrogen) atoms. The molecule has 20 nitrogen and oxygen atoms in total. The van der Waals surface area contributed by atoms with Gasteiger partial charge in [0.15, 0.2) is 48.8 Å². The summed E-state index contributed by atoms with van der Waals surface area (Å²) in [5, 5.41) is 0. The molecular formula is C51H55NO19. The summed E-state index contributed by atoms with van der Waals surface area (Å²) in [6, 6.07) is 11.3. The van der Waals surface area contributed by atoms with Crippen molar-refractivity contribution in [3.8, 4) is 34.8 Å². The molecule has 1 amide bonds. The highest BCUT2D eigenvalue weighted by Crippen LogP contribution is 2.54. The molecule has 0 aromatic heterocycles. The number of rotatable bonds is 10. The van der Waals surface area contributed by atoms with Gasteiger partial charge in [0.25, 0.3) is 0 Å². The number of ether oxygens (including phenoxy) is 10. The Labute approximate surface area is 409 Å². The average molecular weight is 986 g/mol. The van der Waals surface area contributed by atoms with Crippen molar-refractivity contribution in [2.45, 2.75) is 142 Å². The van der Waals surface area contributed by atoms with Gasteiger partial charge in [0.05, 0.1) is 0 Å². The SMILES string of the molecule is CC(=O)OCC1OC(C#Cc2ccc3c(c2)C2(CCN(C(C)=O)CC2)c2cc(C#CC4OC(COC(C)=O)C(OC(C)=O)C(OC(C)=O)C4OC(C)=O)ccc2-3)C(OC(C)=O)C(OC(C)=O)C1OC(C)=O. The van der Waals surface area contributed by atoms with Crippen molar-refractivity contribution in [1.82, 2.24) is 4.90 Å². The number of benzene rings is 2.